The number of carbonyl (C=O) groups is 1. The maximum Gasteiger partial charge on any atom is 0.337 e. The number of aromatic nitrogens is 3. The van der Waals surface area contributed by atoms with Crippen molar-refractivity contribution in [3.8, 4) is 5.69 Å². The van der Waals surface area contributed by atoms with Crippen LogP contribution in [0.25, 0.3) is 16.7 Å². The van der Waals surface area contributed by atoms with Crippen molar-refractivity contribution in [2.24, 2.45) is 0 Å². The lowest BCUT2D eigenvalue weighted by Gasteiger charge is -2.06. The average molecular weight is 267 g/mol. The maximum atomic E-state index is 11.0. The van der Waals surface area contributed by atoms with Gasteiger partial charge in [-0.15, -0.1) is 0 Å². The number of carboxylic acid groups (broad SMARTS) is 1. The van der Waals surface area contributed by atoms with Gasteiger partial charge in [0.25, 0.3) is 0 Å². The minimum Gasteiger partial charge on any atom is -0.478 e. The molecule has 2 aromatic heterocycles. The fourth-order valence-electron chi connectivity index (χ4n) is 2.23. The van der Waals surface area contributed by atoms with Crippen molar-refractivity contribution >= 4 is 17.0 Å². The second-order valence-corrected chi connectivity index (χ2v) is 4.68. The third kappa shape index (κ3) is 1.84. The smallest absolute Gasteiger partial charge is 0.337 e. The molecule has 0 fully saturated rings. The highest BCUT2D eigenvalue weighted by atomic mass is 16.4. The Morgan fingerprint density at radius 1 is 1.25 bits per heavy atom. The van der Waals surface area contributed by atoms with E-state index in [1.54, 1.807) is 10.7 Å². The van der Waals surface area contributed by atoms with Crippen molar-refractivity contribution in [1.29, 1.82) is 0 Å². The highest BCUT2D eigenvalue weighted by Gasteiger charge is 2.14. The second-order valence-electron chi connectivity index (χ2n) is 4.68. The van der Waals surface area contributed by atoms with Gasteiger partial charge in [-0.2, -0.15) is 5.10 Å². The van der Waals surface area contributed by atoms with Gasteiger partial charge in [0, 0.05) is 11.6 Å². The SMILES string of the molecule is Cc1ccccc1-n1nc(C)c2cc(C(=O)O)cnc21. The number of nitrogens with zero attached hydrogens (tertiary/aromatic N) is 3. The normalized spacial score (nSPS) is 10.9. The summed E-state index contributed by atoms with van der Waals surface area (Å²) >= 11 is 0. The molecule has 5 nitrogen and oxygen atoms in total. The molecule has 0 atom stereocenters. The molecule has 100 valence electrons. The molecule has 20 heavy (non-hydrogen) atoms. The lowest BCUT2D eigenvalue weighted by Crippen LogP contribution is -2.01. The fraction of sp³-hybridized carbons (Fsp3) is 0.133. The Morgan fingerprint density at radius 3 is 2.70 bits per heavy atom. The van der Waals surface area contributed by atoms with Crippen molar-refractivity contribution < 1.29 is 9.90 Å². The first-order chi connectivity index (χ1) is 9.58. The Bertz CT molecular complexity index is 821. The van der Waals surface area contributed by atoms with E-state index in [1.165, 1.54) is 6.20 Å². The minimum absolute atomic E-state index is 0.171. The van der Waals surface area contributed by atoms with Gasteiger partial charge in [-0.3, -0.25) is 0 Å². The molecule has 1 aromatic carbocycles. The van der Waals surface area contributed by atoms with Gasteiger partial charge in [0.05, 0.1) is 16.9 Å². The second kappa shape index (κ2) is 4.45. The lowest BCUT2D eigenvalue weighted by molar-refractivity contribution is 0.0696. The Balaban J connectivity index is 2.29. The molecular weight excluding hydrogens is 254 g/mol. The van der Waals surface area contributed by atoms with Crippen LogP contribution in [-0.4, -0.2) is 25.8 Å². The third-order valence-electron chi connectivity index (χ3n) is 3.30. The molecule has 0 unspecified atom stereocenters. The molecule has 0 saturated carbocycles. The molecule has 3 aromatic rings. The van der Waals surface area contributed by atoms with Crippen LogP contribution in [0.2, 0.25) is 0 Å². The number of aryl methyl sites for hydroxylation is 2. The van der Waals surface area contributed by atoms with Gasteiger partial charge in [-0.25, -0.2) is 14.5 Å². The van der Waals surface area contributed by atoms with Gasteiger partial charge >= 0.3 is 5.97 Å². The summed E-state index contributed by atoms with van der Waals surface area (Å²) in [5.74, 6) is -0.984. The standard InChI is InChI=1S/C15H13N3O2/c1-9-5-3-4-6-13(9)18-14-12(10(2)17-18)7-11(8-16-14)15(19)20/h3-8H,1-2H3,(H,19,20). The van der Waals surface area contributed by atoms with Crippen LogP contribution in [0.3, 0.4) is 0 Å². The van der Waals surface area contributed by atoms with E-state index in [1.807, 2.05) is 38.1 Å². The summed E-state index contributed by atoms with van der Waals surface area (Å²) < 4.78 is 1.76. The monoisotopic (exact) mass is 267 g/mol. The van der Waals surface area contributed by atoms with Crippen LogP contribution >= 0.6 is 0 Å². The number of hydrogen-bond acceptors (Lipinski definition) is 3. The zero-order valence-electron chi connectivity index (χ0n) is 11.2. The Morgan fingerprint density at radius 2 is 2.00 bits per heavy atom. The Kier molecular flexibility index (Phi) is 2.75. The molecule has 0 saturated heterocycles. The van der Waals surface area contributed by atoms with E-state index in [9.17, 15) is 4.79 Å². The van der Waals surface area contributed by atoms with Crippen molar-refractivity contribution in [3.05, 3.63) is 53.3 Å². The molecule has 3 rings (SSSR count). The number of hydrogen-bond donors (Lipinski definition) is 1. The minimum atomic E-state index is -0.984. The summed E-state index contributed by atoms with van der Waals surface area (Å²) in [6.07, 6.45) is 1.36. The average Bonchev–Trinajstić information content (AvgIpc) is 2.76. The molecule has 2 heterocycles. The molecule has 1 N–H and O–H groups in total. The molecule has 0 radical (unpaired) electrons. The quantitative estimate of drug-likeness (QED) is 0.775. The number of aromatic carboxylic acids is 1. The number of benzene rings is 1. The van der Waals surface area contributed by atoms with Crippen LogP contribution in [0.1, 0.15) is 21.6 Å². The first-order valence-corrected chi connectivity index (χ1v) is 6.22. The number of para-hydroxylation sites is 1. The van der Waals surface area contributed by atoms with E-state index < -0.39 is 5.97 Å². The first kappa shape index (κ1) is 12.3. The van der Waals surface area contributed by atoms with E-state index in [-0.39, 0.29) is 5.56 Å². The van der Waals surface area contributed by atoms with Crippen LogP contribution in [0.5, 0.6) is 0 Å². The number of carboxylic acids is 1. The summed E-state index contributed by atoms with van der Waals surface area (Å²) in [6.45, 7) is 3.86. The number of pyridine rings is 1. The molecule has 5 heteroatoms. The van der Waals surface area contributed by atoms with E-state index in [0.717, 1.165) is 22.3 Å². The number of rotatable bonds is 2. The van der Waals surface area contributed by atoms with Crippen LogP contribution in [0.15, 0.2) is 36.5 Å². The van der Waals surface area contributed by atoms with Crippen molar-refractivity contribution in [2.45, 2.75) is 13.8 Å². The van der Waals surface area contributed by atoms with E-state index >= 15 is 0 Å². The van der Waals surface area contributed by atoms with Crippen LogP contribution in [0.4, 0.5) is 0 Å². The van der Waals surface area contributed by atoms with Gasteiger partial charge < -0.3 is 5.11 Å². The maximum absolute atomic E-state index is 11.0. The van der Waals surface area contributed by atoms with E-state index in [0.29, 0.717) is 5.65 Å². The van der Waals surface area contributed by atoms with Crippen molar-refractivity contribution in [3.63, 3.8) is 0 Å². The molecule has 0 amide bonds. The molecular formula is C15H13N3O2. The van der Waals surface area contributed by atoms with Gasteiger partial charge in [0.1, 0.15) is 0 Å². The lowest BCUT2D eigenvalue weighted by atomic mass is 10.2. The van der Waals surface area contributed by atoms with Crippen LogP contribution in [0, 0.1) is 13.8 Å². The third-order valence-corrected chi connectivity index (χ3v) is 3.30. The van der Waals surface area contributed by atoms with E-state index in [2.05, 4.69) is 10.1 Å². The van der Waals surface area contributed by atoms with E-state index in [4.69, 9.17) is 5.11 Å². The topological polar surface area (TPSA) is 68.0 Å². The van der Waals surface area contributed by atoms with Crippen LogP contribution in [-0.2, 0) is 0 Å². The van der Waals surface area contributed by atoms with Gasteiger partial charge in [-0.1, -0.05) is 18.2 Å². The largest absolute Gasteiger partial charge is 0.478 e. The molecule has 0 bridgehead atoms. The van der Waals surface area contributed by atoms with Gasteiger partial charge in [-0.05, 0) is 31.5 Å². The zero-order chi connectivity index (χ0) is 14.3. The molecule has 0 aliphatic carbocycles. The predicted octanol–water partition coefficient (Wildman–Crippen LogP) is 2.74. The van der Waals surface area contributed by atoms with Gasteiger partial charge in [0.15, 0.2) is 5.65 Å². The molecule has 0 aliphatic heterocycles. The highest BCUT2D eigenvalue weighted by molar-refractivity contribution is 5.92. The summed E-state index contributed by atoms with van der Waals surface area (Å²) in [5.41, 5.74) is 3.63. The van der Waals surface area contributed by atoms with Crippen molar-refractivity contribution in [2.75, 3.05) is 0 Å². The highest BCUT2D eigenvalue weighted by Crippen LogP contribution is 2.22. The summed E-state index contributed by atoms with van der Waals surface area (Å²) in [5, 5.41) is 14.3. The Labute approximate surface area is 115 Å². The fourth-order valence-corrected chi connectivity index (χ4v) is 2.23. The zero-order valence-corrected chi connectivity index (χ0v) is 11.2. The van der Waals surface area contributed by atoms with Gasteiger partial charge in [0.2, 0.25) is 0 Å². The Hall–Kier alpha value is -2.69. The summed E-state index contributed by atoms with van der Waals surface area (Å²) in [7, 11) is 0. The predicted molar refractivity (Wildman–Crippen MR) is 75.3 cm³/mol. The molecule has 0 aliphatic rings. The summed E-state index contributed by atoms with van der Waals surface area (Å²) in [6, 6.07) is 9.49. The van der Waals surface area contributed by atoms with Crippen molar-refractivity contribution in [1.82, 2.24) is 14.8 Å². The molecule has 0 spiro atoms. The van der Waals surface area contributed by atoms with Crippen LogP contribution < -0.4 is 0 Å². The summed E-state index contributed by atoms with van der Waals surface area (Å²) in [4.78, 5) is 15.3. The first-order valence-electron chi connectivity index (χ1n) is 6.22. The number of fused-ring (bicyclic) bond motifs is 1.